The Hall–Kier alpha value is -2.23. The number of amides is 1. The molecule has 2 aromatic rings. The van der Waals surface area contributed by atoms with Gasteiger partial charge in [0.05, 0.1) is 13.4 Å². The zero-order valence-corrected chi connectivity index (χ0v) is 14.3. The number of primary amides is 1. The SMILES string of the molecule is COc1ccc2c(c1)C(C(C)CCC(N)=O)CC(c1ccco1)C2. The molecule has 0 aliphatic heterocycles. The van der Waals surface area contributed by atoms with Crippen molar-refractivity contribution in [1.29, 1.82) is 0 Å². The Balaban J connectivity index is 1.90. The maximum atomic E-state index is 11.2. The van der Waals surface area contributed by atoms with Crippen LogP contribution < -0.4 is 10.5 Å². The van der Waals surface area contributed by atoms with Crippen LogP contribution in [0.15, 0.2) is 41.0 Å². The number of carbonyl (C=O) groups is 1. The number of benzene rings is 1. The third-order valence-electron chi connectivity index (χ3n) is 5.24. The highest BCUT2D eigenvalue weighted by molar-refractivity contribution is 5.73. The van der Waals surface area contributed by atoms with Gasteiger partial charge in [0.2, 0.25) is 5.91 Å². The van der Waals surface area contributed by atoms with Gasteiger partial charge in [0.15, 0.2) is 0 Å². The van der Waals surface area contributed by atoms with Crippen LogP contribution >= 0.6 is 0 Å². The summed E-state index contributed by atoms with van der Waals surface area (Å²) < 4.78 is 11.1. The van der Waals surface area contributed by atoms with Crippen molar-refractivity contribution < 1.29 is 13.9 Å². The van der Waals surface area contributed by atoms with E-state index < -0.39 is 0 Å². The van der Waals surface area contributed by atoms with Gasteiger partial charge in [0, 0.05) is 12.3 Å². The van der Waals surface area contributed by atoms with E-state index in [1.165, 1.54) is 11.1 Å². The van der Waals surface area contributed by atoms with Crippen LogP contribution in [0.2, 0.25) is 0 Å². The maximum absolute atomic E-state index is 11.2. The van der Waals surface area contributed by atoms with Crippen molar-refractivity contribution in [2.45, 2.75) is 44.4 Å². The fraction of sp³-hybridized carbons (Fsp3) is 0.450. The van der Waals surface area contributed by atoms with Gasteiger partial charge in [-0.2, -0.15) is 0 Å². The predicted octanol–water partition coefficient (Wildman–Crippen LogP) is 4.00. The van der Waals surface area contributed by atoms with Crippen molar-refractivity contribution in [2.75, 3.05) is 7.11 Å². The van der Waals surface area contributed by atoms with E-state index in [1.807, 2.05) is 12.1 Å². The molecular formula is C20H25NO3. The molecule has 0 bridgehead atoms. The van der Waals surface area contributed by atoms with Gasteiger partial charge in [-0.15, -0.1) is 0 Å². The minimum absolute atomic E-state index is 0.230. The van der Waals surface area contributed by atoms with E-state index in [-0.39, 0.29) is 5.91 Å². The smallest absolute Gasteiger partial charge is 0.217 e. The van der Waals surface area contributed by atoms with Crippen molar-refractivity contribution in [3.05, 3.63) is 53.5 Å². The molecule has 1 aromatic carbocycles. The van der Waals surface area contributed by atoms with E-state index in [0.29, 0.717) is 24.2 Å². The van der Waals surface area contributed by atoms with Crippen LogP contribution in [0.25, 0.3) is 0 Å². The first kappa shape index (κ1) is 16.6. The second kappa shape index (κ2) is 7.12. The molecule has 0 fully saturated rings. The molecule has 0 saturated carbocycles. The van der Waals surface area contributed by atoms with Crippen molar-refractivity contribution in [1.82, 2.24) is 0 Å². The summed E-state index contributed by atoms with van der Waals surface area (Å²) in [5, 5.41) is 0. The largest absolute Gasteiger partial charge is 0.497 e. The molecule has 1 amide bonds. The Morgan fingerprint density at radius 1 is 1.42 bits per heavy atom. The highest BCUT2D eigenvalue weighted by atomic mass is 16.5. The molecule has 2 N–H and O–H groups in total. The molecule has 3 unspecified atom stereocenters. The highest BCUT2D eigenvalue weighted by Crippen LogP contribution is 2.45. The van der Waals surface area contributed by atoms with Gasteiger partial charge in [-0.25, -0.2) is 0 Å². The lowest BCUT2D eigenvalue weighted by Crippen LogP contribution is -2.23. The summed E-state index contributed by atoms with van der Waals surface area (Å²) in [6.07, 6.45) is 4.98. The fourth-order valence-corrected chi connectivity index (χ4v) is 3.86. The average Bonchev–Trinajstić information content (AvgIpc) is 3.12. The van der Waals surface area contributed by atoms with Gasteiger partial charge in [-0.05, 0) is 66.5 Å². The molecule has 4 heteroatoms. The molecule has 1 aliphatic carbocycles. The van der Waals surface area contributed by atoms with Crippen LogP contribution in [-0.2, 0) is 11.2 Å². The summed E-state index contributed by atoms with van der Waals surface area (Å²) in [4.78, 5) is 11.2. The summed E-state index contributed by atoms with van der Waals surface area (Å²) in [5.74, 6) is 2.83. The zero-order valence-electron chi connectivity index (χ0n) is 14.3. The van der Waals surface area contributed by atoms with E-state index >= 15 is 0 Å². The van der Waals surface area contributed by atoms with E-state index in [2.05, 4.69) is 25.1 Å². The number of nitrogens with two attached hydrogens (primary N) is 1. The quantitative estimate of drug-likeness (QED) is 0.872. The Kier molecular flexibility index (Phi) is 4.93. The summed E-state index contributed by atoms with van der Waals surface area (Å²) in [5.41, 5.74) is 8.03. The normalized spacial score (nSPS) is 21.1. The minimum Gasteiger partial charge on any atom is -0.497 e. The number of rotatable bonds is 6. The second-order valence-electron chi connectivity index (χ2n) is 6.81. The summed E-state index contributed by atoms with van der Waals surface area (Å²) in [6.45, 7) is 2.21. The standard InChI is InChI=1S/C20H25NO3/c1-13(5-8-20(21)22)17-11-15(19-4-3-9-24-19)10-14-6-7-16(23-2)12-18(14)17/h3-4,6-7,9,12-13,15,17H,5,8,10-11H2,1-2H3,(H2,21,22). The first-order chi connectivity index (χ1) is 11.6. The monoisotopic (exact) mass is 327 g/mol. The number of carbonyl (C=O) groups excluding carboxylic acids is 1. The molecule has 3 rings (SSSR count). The lowest BCUT2D eigenvalue weighted by Gasteiger charge is -2.34. The van der Waals surface area contributed by atoms with Crippen LogP contribution in [0.3, 0.4) is 0 Å². The van der Waals surface area contributed by atoms with E-state index in [1.54, 1.807) is 13.4 Å². The van der Waals surface area contributed by atoms with Crippen molar-refractivity contribution >= 4 is 5.91 Å². The van der Waals surface area contributed by atoms with E-state index in [9.17, 15) is 4.79 Å². The molecule has 0 spiro atoms. The first-order valence-electron chi connectivity index (χ1n) is 8.57. The van der Waals surface area contributed by atoms with Gasteiger partial charge in [0.25, 0.3) is 0 Å². The van der Waals surface area contributed by atoms with Crippen LogP contribution in [0, 0.1) is 5.92 Å². The molecule has 0 saturated heterocycles. The number of ether oxygens (including phenoxy) is 1. The molecule has 3 atom stereocenters. The van der Waals surface area contributed by atoms with E-state index in [0.717, 1.165) is 30.8 Å². The lowest BCUT2D eigenvalue weighted by atomic mass is 9.70. The highest BCUT2D eigenvalue weighted by Gasteiger charge is 2.32. The van der Waals surface area contributed by atoms with Gasteiger partial charge >= 0.3 is 0 Å². The summed E-state index contributed by atoms with van der Waals surface area (Å²) in [6, 6.07) is 10.3. The van der Waals surface area contributed by atoms with Crippen molar-refractivity contribution in [2.24, 2.45) is 11.7 Å². The Morgan fingerprint density at radius 3 is 2.92 bits per heavy atom. The van der Waals surface area contributed by atoms with Crippen LogP contribution in [-0.4, -0.2) is 13.0 Å². The van der Waals surface area contributed by atoms with Gasteiger partial charge in [-0.1, -0.05) is 13.0 Å². The Bertz CT molecular complexity index is 693. The molecule has 1 heterocycles. The molecule has 128 valence electrons. The summed E-state index contributed by atoms with van der Waals surface area (Å²) in [7, 11) is 1.70. The van der Waals surface area contributed by atoms with Gasteiger partial charge < -0.3 is 14.9 Å². The molecule has 24 heavy (non-hydrogen) atoms. The van der Waals surface area contributed by atoms with Gasteiger partial charge in [0.1, 0.15) is 11.5 Å². The minimum atomic E-state index is -0.230. The number of fused-ring (bicyclic) bond motifs is 1. The molecule has 1 aromatic heterocycles. The Labute approximate surface area is 143 Å². The number of methoxy groups -OCH3 is 1. The predicted molar refractivity (Wildman–Crippen MR) is 93.1 cm³/mol. The number of hydrogen-bond donors (Lipinski definition) is 1. The maximum Gasteiger partial charge on any atom is 0.217 e. The van der Waals surface area contributed by atoms with E-state index in [4.69, 9.17) is 14.9 Å². The van der Waals surface area contributed by atoms with Crippen molar-refractivity contribution in [3.63, 3.8) is 0 Å². The molecule has 4 nitrogen and oxygen atoms in total. The van der Waals surface area contributed by atoms with Gasteiger partial charge in [-0.3, -0.25) is 4.79 Å². The van der Waals surface area contributed by atoms with Crippen LogP contribution in [0.4, 0.5) is 0 Å². The van der Waals surface area contributed by atoms with Crippen LogP contribution in [0.5, 0.6) is 5.75 Å². The number of hydrogen-bond acceptors (Lipinski definition) is 3. The van der Waals surface area contributed by atoms with Crippen LogP contribution in [0.1, 0.15) is 54.9 Å². The topological polar surface area (TPSA) is 65.5 Å². The lowest BCUT2D eigenvalue weighted by molar-refractivity contribution is -0.118. The third-order valence-corrected chi connectivity index (χ3v) is 5.24. The first-order valence-corrected chi connectivity index (χ1v) is 8.57. The molecule has 0 radical (unpaired) electrons. The average molecular weight is 327 g/mol. The molecular weight excluding hydrogens is 302 g/mol. The zero-order chi connectivity index (χ0) is 17.1. The molecule has 1 aliphatic rings. The second-order valence-corrected chi connectivity index (χ2v) is 6.81. The Morgan fingerprint density at radius 2 is 2.25 bits per heavy atom. The summed E-state index contributed by atoms with van der Waals surface area (Å²) >= 11 is 0. The fourth-order valence-electron chi connectivity index (χ4n) is 3.86. The number of furan rings is 1. The third kappa shape index (κ3) is 3.48. The van der Waals surface area contributed by atoms with Crippen molar-refractivity contribution in [3.8, 4) is 5.75 Å².